The molecular formula is C12H24N2O2. The normalized spacial score (nSPS) is 19.5. The number of carbonyl (C=O) groups excluding carboxylic acids is 1. The number of rotatable bonds is 2. The van der Waals surface area contributed by atoms with Crippen molar-refractivity contribution in [1.82, 2.24) is 10.4 Å². The lowest BCUT2D eigenvalue weighted by Crippen LogP contribution is -2.46. The van der Waals surface area contributed by atoms with Crippen LogP contribution >= 0.6 is 0 Å². The van der Waals surface area contributed by atoms with Gasteiger partial charge in [0.1, 0.15) is 0 Å². The van der Waals surface area contributed by atoms with Crippen LogP contribution in [-0.4, -0.2) is 31.3 Å². The van der Waals surface area contributed by atoms with Gasteiger partial charge in [-0.15, -0.1) is 0 Å². The molecule has 0 aromatic heterocycles. The van der Waals surface area contributed by atoms with Gasteiger partial charge in [-0.2, -0.15) is 0 Å². The van der Waals surface area contributed by atoms with Gasteiger partial charge in [-0.05, 0) is 30.6 Å². The predicted octanol–water partition coefficient (Wildman–Crippen LogP) is 2.41. The molecule has 4 heteroatoms. The number of piperidine rings is 1. The van der Waals surface area contributed by atoms with Gasteiger partial charge in [-0.1, -0.05) is 20.8 Å². The van der Waals surface area contributed by atoms with E-state index in [9.17, 15) is 4.79 Å². The smallest absolute Gasteiger partial charge is 0.421 e. The monoisotopic (exact) mass is 228 g/mol. The molecule has 1 heterocycles. The second-order valence-corrected chi connectivity index (χ2v) is 5.80. The summed E-state index contributed by atoms with van der Waals surface area (Å²) < 4.78 is 4.57. The van der Waals surface area contributed by atoms with Gasteiger partial charge < -0.3 is 4.74 Å². The van der Waals surface area contributed by atoms with Crippen LogP contribution in [0.4, 0.5) is 4.79 Å². The van der Waals surface area contributed by atoms with Crippen molar-refractivity contribution in [2.75, 3.05) is 20.2 Å². The van der Waals surface area contributed by atoms with E-state index in [1.54, 1.807) is 0 Å². The minimum atomic E-state index is -0.366. The molecule has 0 aromatic rings. The number of hydrogen-bond donors (Lipinski definition) is 1. The van der Waals surface area contributed by atoms with Crippen molar-refractivity contribution in [3.63, 3.8) is 0 Å². The summed E-state index contributed by atoms with van der Waals surface area (Å²) in [7, 11) is 1.39. The van der Waals surface area contributed by atoms with Gasteiger partial charge in [0.25, 0.3) is 0 Å². The maximum absolute atomic E-state index is 11.0. The maximum atomic E-state index is 11.0. The van der Waals surface area contributed by atoms with Crippen LogP contribution in [0.15, 0.2) is 0 Å². The Kier molecular flexibility index (Phi) is 4.59. The van der Waals surface area contributed by atoms with E-state index < -0.39 is 0 Å². The molecule has 1 saturated heterocycles. The molecule has 1 amide bonds. The van der Waals surface area contributed by atoms with Gasteiger partial charge in [-0.25, -0.2) is 9.80 Å². The molecule has 0 spiro atoms. The molecule has 94 valence electrons. The van der Waals surface area contributed by atoms with Gasteiger partial charge >= 0.3 is 6.09 Å². The third kappa shape index (κ3) is 4.84. The van der Waals surface area contributed by atoms with Crippen molar-refractivity contribution in [2.45, 2.75) is 40.0 Å². The largest absolute Gasteiger partial charge is 0.452 e. The molecule has 0 atom stereocenters. The molecule has 0 saturated carbocycles. The van der Waals surface area contributed by atoms with Gasteiger partial charge in [0.2, 0.25) is 0 Å². The molecule has 0 aliphatic carbocycles. The van der Waals surface area contributed by atoms with Crippen LogP contribution in [0.25, 0.3) is 0 Å². The fourth-order valence-electron chi connectivity index (χ4n) is 2.29. The summed E-state index contributed by atoms with van der Waals surface area (Å²) >= 11 is 0. The van der Waals surface area contributed by atoms with E-state index in [2.05, 4.69) is 30.9 Å². The SMILES string of the molecule is COC(=O)NN1CCC(CC(C)(C)C)CC1. The van der Waals surface area contributed by atoms with Crippen molar-refractivity contribution >= 4 is 6.09 Å². The van der Waals surface area contributed by atoms with E-state index in [-0.39, 0.29) is 6.09 Å². The van der Waals surface area contributed by atoms with Crippen LogP contribution in [-0.2, 0) is 4.74 Å². The molecule has 16 heavy (non-hydrogen) atoms. The zero-order valence-electron chi connectivity index (χ0n) is 10.9. The zero-order valence-corrected chi connectivity index (χ0v) is 10.9. The minimum absolute atomic E-state index is 0.366. The highest BCUT2D eigenvalue weighted by Gasteiger charge is 2.24. The summed E-state index contributed by atoms with van der Waals surface area (Å²) in [5.41, 5.74) is 3.13. The second kappa shape index (κ2) is 5.53. The maximum Gasteiger partial charge on any atom is 0.421 e. The topological polar surface area (TPSA) is 41.6 Å². The lowest BCUT2D eigenvalue weighted by atomic mass is 9.80. The van der Waals surface area contributed by atoms with E-state index in [1.165, 1.54) is 13.5 Å². The van der Waals surface area contributed by atoms with Gasteiger partial charge in [0.05, 0.1) is 7.11 Å². The summed E-state index contributed by atoms with van der Waals surface area (Å²) in [6.07, 6.45) is 3.20. The van der Waals surface area contributed by atoms with E-state index in [1.807, 2.05) is 5.01 Å². The Labute approximate surface area is 98.3 Å². The Balaban J connectivity index is 2.26. The molecule has 1 rings (SSSR count). The number of nitrogens with zero attached hydrogens (tertiary/aromatic N) is 1. The lowest BCUT2D eigenvalue weighted by molar-refractivity contribution is 0.0876. The Hall–Kier alpha value is -0.770. The first-order chi connectivity index (χ1) is 7.40. The molecule has 1 fully saturated rings. The van der Waals surface area contributed by atoms with Gasteiger partial charge in [0, 0.05) is 13.1 Å². The minimum Gasteiger partial charge on any atom is -0.452 e. The van der Waals surface area contributed by atoms with Crippen molar-refractivity contribution in [1.29, 1.82) is 0 Å². The van der Waals surface area contributed by atoms with Crippen molar-refractivity contribution < 1.29 is 9.53 Å². The van der Waals surface area contributed by atoms with Crippen molar-refractivity contribution in [3.05, 3.63) is 0 Å². The fraction of sp³-hybridized carbons (Fsp3) is 0.917. The van der Waals surface area contributed by atoms with Crippen LogP contribution in [0, 0.1) is 11.3 Å². The lowest BCUT2D eigenvalue weighted by Gasteiger charge is -2.34. The molecule has 1 aliphatic rings. The van der Waals surface area contributed by atoms with E-state index in [0.717, 1.165) is 31.8 Å². The van der Waals surface area contributed by atoms with Crippen LogP contribution in [0.5, 0.6) is 0 Å². The second-order valence-electron chi connectivity index (χ2n) is 5.80. The first-order valence-corrected chi connectivity index (χ1v) is 6.00. The molecular weight excluding hydrogens is 204 g/mol. The summed E-state index contributed by atoms with van der Waals surface area (Å²) in [6.45, 7) is 8.70. The third-order valence-electron chi connectivity index (χ3n) is 2.95. The number of amides is 1. The zero-order chi connectivity index (χ0) is 12.2. The van der Waals surface area contributed by atoms with Crippen molar-refractivity contribution in [3.8, 4) is 0 Å². The van der Waals surface area contributed by atoms with E-state index in [0.29, 0.717) is 5.41 Å². The molecule has 0 radical (unpaired) electrons. The number of carbonyl (C=O) groups is 1. The molecule has 0 bridgehead atoms. The Morgan fingerprint density at radius 2 is 1.94 bits per heavy atom. The number of methoxy groups -OCH3 is 1. The van der Waals surface area contributed by atoms with Gasteiger partial charge in [0.15, 0.2) is 0 Å². The third-order valence-corrected chi connectivity index (χ3v) is 2.95. The first-order valence-electron chi connectivity index (χ1n) is 6.00. The molecule has 1 aliphatic heterocycles. The van der Waals surface area contributed by atoms with Crippen LogP contribution in [0.1, 0.15) is 40.0 Å². The summed E-state index contributed by atoms with van der Waals surface area (Å²) in [5, 5.41) is 1.95. The standard InChI is InChI=1S/C12H24N2O2/c1-12(2,3)9-10-5-7-14(8-6-10)13-11(15)16-4/h10H,5-9H2,1-4H3,(H,13,15). The van der Waals surface area contributed by atoms with Crippen molar-refractivity contribution in [2.24, 2.45) is 11.3 Å². The highest BCUT2D eigenvalue weighted by Crippen LogP contribution is 2.30. The Morgan fingerprint density at radius 1 is 1.38 bits per heavy atom. The molecule has 1 N–H and O–H groups in total. The average molecular weight is 228 g/mol. The summed E-state index contributed by atoms with van der Waals surface area (Å²) in [5.74, 6) is 0.788. The fourth-order valence-corrected chi connectivity index (χ4v) is 2.29. The number of ether oxygens (including phenoxy) is 1. The molecule has 0 aromatic carbocycles. The molecule has 4 nitrogen and oxygen atoms in total. The number of hydrazine groups is 1. The van der Waals surface area contributed by atoms with Crippen LogP contribution < -0.4 is 5.43 Å². The first kappa shape index (κ1) is 13.3. The highest BCUT2D eigenvalue weighted by molar-refractivity contribution is 5.66. The predicted molar refractivity (Wildman–Crippen MR) is 63.9 cm³/mol. The molecule has 0 unspecified atom stereocenters. The Morgan fingerprint density at radius 3 is 2.38 bits per heavy atom. The number of nitrogens with one attached hydrogen (secondary N) is 1. The van der Waals surface area contributed by atoms with Gasteiger partial charge in [-0.3, -0.25) is 5.43 Å². The Bertz CT molecular complexity index is 228. The van der Waals surface area contributed by atoms with E-state index in [4.69, 9.17) is 0 Å². The van der Waals surface area contributed by atoms with Crippen LogP contribution in [0.2, 0.25) is 0 Å². The number of hydrogen-bond acceptors (Lipinski definition) is 3. The van der Waals surface area contributed by atoms with Crippen LogP contribution in [0.3, 0.4) is 0 Å². The average Bonchev–Trinajstić information content (AvgIpc) is 2.18. The summed E-state index contributed by atoms with van der Waals surface area (Å²) in [4.78, 5) is 11.0. The highest BCUT2D eigenvalue weighted by atomic mass is 16.5. The summed E-state index contributed by atoms with van der Waals surface area (Å²) in [6, 6.07) is 0. The van der Waals surface area contributed by atoms with E-state index >= 15 is 0 Å². The quantitative estimate of drug-likeness (QED) is 0.789.